The highest BCUT2D eigenvalue weighted by molar-refractivity contribution is 7.88. The van der Waals surface area contributed by atoms with Gasteiger partial charge >= 0.3 is 0 Å². The Hall–Kier alpha value is -3.55. The Morgan fingerprint density at radius 3 is 2.55 bits per heavy atom. The Balaban J connectivity index is 1.57. The number of nitroso groups, excluding NO2 is 1. The molecule has 0 saturated heterocycles. The first-order chi connectivity index (χ1) is 21.0. The van der Waals surface area contributed by atoms with Gasteiger partial charge in [-0.2, -0.15) is 0 Å². The number of phenolic OH excluding ortho intramolecular Hbond substituents is 1. The minimum Gasteiger partial charge on any atom is -0.508 e. The standard InChI is InChI=1S/C30H30Cl2N4O7S/c1-44(41,42)35-25-8-4-5-9-26(25)36-28(23-11-10-18(31)14-24(23)32)27(21-6-2-3-7-22(21)30(36)39)29(38)34-43-16-17-12-19(33-40)15-20(37)13-17/h2-3,6-7,10-15,25-28,35,37H,4-5,8-9,16H2,1H3,(H,34,38)/t25-,26-,27+,28-/m0/s1. The van der Waals surface area contributed by atoms with Gasteiger partial charge in [-0.3, -0.25) is 14.4 Å². The second-order valence-electron chi connectivity index (χ2n) is 10.9. The zero-order chi connectivity index (χ0) is 31.6. The largest absolute Gasteiger partial charge is 0.508 e. The average Bonchev–Trinajstić information content (AvgIpc) is 2.96. The second kappa shape index (κ2) is 13.2. The van der Waals surface area contributed by atoms with Crippen molar-refractivity contribution in [2.45, 2.75) is 56.3 Å². The molecule has 0 bridgehead atoms. The third-order valence-corrected chi connectivity index (χ3v) is 9.16. The summed E-state index contributed by atoms with van der Waals surface area (Å²) in [6.45, 7) is -0.199. The minimum absolute atomic E-state index is 0.00697. The number of fused-ring (bicyclic) bond motifs is 1. The molecule has 14 heteroatoms. The molecular formula is C30H30Cl2N4O7S. The number of phenols is 1. The number of carbonyl (C=O) groups excluding carboxylic acids is 2. The van der Waals surface area contributed by atoms with Crippen molar-refractivity contribution in [3.8, 4) is 5.75 Å². The molecule has 0 spiro atoms. The number of benzene rings is 3. The molecule has 3 aromatic carbocycles. The lowest BCUT2D eigenvalue weighted by molar-refractivity contribution is -0.138. The zero-order valence-electron chi connectivity index (χ0n) is 23.6. The van der Waals surface area contributed by atoms with Gasteiger partial charge in [0.25, 0.3) is 11.8 Å². The number of hydrogen-bond donors (Lipinski definition) is 3. The van der Waals surface area contributed by atoms with Crippen molar-refractivity contribution >= 4 is 50.7 Å². The van der Waals surface area contributed by atoms with Crippen LogP contribution in [0.5, 0.6) is 5.75 Å². The van der Waals surface area contributed by atoms with E-state index < -0.39 is 40.0 Å². The van der Waals surface area contributed by atoms with Gasteiger partial charge < -0.3 is 10.0 Å². The maximum Gasteiger partial charge on any atom is 0.255 e. The minimum atomic E-state index is -3.62. The molecule has 0 unspecified atom stereocenters. The van der Waals surface area contributed by atoms with Gasteiger partial charge in [-0.15, -0.1) is 4.91 Å². The summed E-state index contributed by atoms with van der Waals surface area (Å²) in [6, 6.07) is 13.4. The van der Waals surface area contributed by atoms with E-state index in [0.717, 1.165) is 19.1 Å². The van der Waals surface area contributed by atoms with Gasteiger partial charge in [0.15, 0.2) is 0 Å². The number of aromatic hydroxyl groups is 1. The molecule has 1 heterocycles. The van der Waals surface area contributed by atoms with Crippen LogP contribution in [0.1, 0.15) is 64.7 Å². The molecular weight excluding hydrogens is 631 g/mol. The van der Waals surface area contributed by atoms with Crippen molar-refractivity contribution in [2.24, 2.45) is 5.18 Å². The van der Waals surface area contributed by atoms with E-state index in [4.69, 9.17) is 28.0 Å². The molecule has 4 atom stereocenters. The first-order valence-electron chi connectivity index (χ1n) is 13.9. The molecule has 5 rings (SSSR count). The zero-order valence-corrected chi connectivity index (χ0v) is 25.9. The summed E-state index contributed by atoms with van der Waals surface area (Å²) >= 11 is 12.9. The molecule has 2 aliphatic rings. The molecule has 1 fully saturated rings. The third-order valence-electron chi connectivity index (χ3n) is 7.87. The van der Waals surface area contributed by atoms with Crippen LogP contribution < -0.4 is 10.2 Å². The molecule has 232 valence electrons. The molecule has 3 aromatic rings. The van der Waals surface area contributed by atoms with E-state index in [2.05, 4.69) is 15.4 Å². The van der Waals surface area contributed by atoms with Crippen molar-refractivity contribution in [1.82, 2.24) is 15.1 Å². The number of halogens is 2. The molecule has 11 nitrogen and oxygen atoms in total. The Morgan fingerprint density at radius 1 is 1.07 bits per heavy atom. The van der Waals surface area contributed by atoms with E-state index in [0.29, 0.717) is 40.1 Å². The number of sulfonamides is 1. The fourth-order valence-corrected chi connectivity index (χ4v) is 7.52. The average molecular weight is 662 g/mol. The van der Waals surface area contributed by atoms with E-state index in [1.807, 2.05) is 0 Å². The Bertz CT molecular complexity index is 1700. The smallest absolute Gasteiger partial charge is 0.255 e. The molecule has 2 amide bonds. The summed E-state index contributed by atoms with van der Waals surface area (Å²) in [5.41, 5.74) is 4.04. The van der Waals surface area contributed by atoms with Gasteiger partial charge in [0, 0.05) is 33.8 Å². The van der Waals surface area contributed by atoms with E-state index in [1.54, 1.807) is 41.3 Å². The van der Waals surface area contributed by atoms with Crippen LogP contribution in [0.2, 0.25) is 10.0 Å². The fourth-order valence-electron chi connectivity index (χ4n) is 6.17. The number of amides is 2. The highest BCUT2D eigenvalue weighted by Crippen LogP contribution is 2.48. The lowest BCUT2D eigenvalue weighted by Gasteiger charge is -2.49. The van der Waals surface area contributed by atoms with E-state index in [9.17, 15) is 28.0 Å². The predicted molar refractivity (Wildman–Crippen MR) is 165 cm³/mol. The number of hydroxylamine groups is 1. The van der Waals surface area contributed by atoms with Gasteiger partial charge in [0.1, 0.15) is 11.4 Å². The van der Waals surface area contributed by atoms with Crippen molar-refractivity contribution in [3.05, 3.63) is 97.9 Å². The summed E-state index contributed by atoms with van der Waals surface area (Å²) in [7, 11) is -3.62. The number of rotatable bonds is 9. The normalized spacial score (nSPS) is 21.9. The highest BCUT2D eigenvalue weighted by atomic mass is 35.5. The van der Waals surface area contributed by atoms with Crippen LogP contribution in [0, 0.1) is 4.91 Å². The molecule has 3 N–H and O–H groups in total. The Labute approximate surface area is 264 Å². The number of hydrogen-bond acceptors (Lipinski definition) is 8. The Kier molecular flexibility index (Phi) is 9.56. The fraction of sp³-hybridized carbons (Fsp3) is 0.333. The van der Waals surface area contributed by atoms with Gasteiger partial charge in [-0.05, 0) is 65.0 Å². The van der Waals surface area contributed by atoms with Crippen LogP contribution in [0.25, 0.3) is 0 Å². The first-order valence-corrected chi connectivity index (χ1v) is 16.5. The lowest BCUT2D eigenvalue weighted by Crippen LogP contribution is -2.59. The van der Waals surface area contributed by atoms with E-state index in [-0.39, 0.29) is 29.0 Å². The third kappa shape index (κ3) is 6.89. The van der Waals surface area contributed by atoms with Crippen LogP contribution in [0.15, 0.2) is 65.8 Å². The first kappa shape index (κ1) is 31.9. The van der Waals surface area contributed by atoms with Gasteiger partial charge in [-0.25, -0.2) is 18.6 Å². The van der Waals surface area contributed by atoms with Crippen LogP contribution in [-0.4, -0.2) is 48.6 Å². The van der Waals surface area contributed by atoms with Crippen molar-refractivity contribution in [1.29, 1.82) is 0 Å². The lowest BCUT2D eigenvalue weighted by atomic mass is 9.76. The van der Waals surface area contributed by atoms with Crippen LogP contribution in [-0.2, 0) is 26.3 Å². The predicted octanol–water partition coefficient (Wildman–Crippen LogP) is 5.49. The van der Waals surface area contributed by atoms with Crippen molar-refractivity contribution < 1.29 is 28.0 Å². The van der Waals surface area contributed by atoms with E-state index >= 15 is 0 Å². The van der Waals surface area contributed by atoms with Gasteiger partial charge in [0.05, 0.1) is 24.8 Å². The summed E-state index contributed by atoms with van der Waals surface area (Å²) in [6.07, 6.45) is 3.60. The van der Waals surface area contributed by atoms with Crippen LogP contribution in [0.3, 0.4) is 0 Å². The van der Waals surface area contributed by atoms with Crippen molar-refractivity contribution in [2.75, 3.05) is 6.26 Å². The Morgan fingerprint density at radius 2 is 1.82 bits per heavy atom. The summed E-state index contributed by atoms with van der Waals surface area (Å²) in [5, 5.41) is 13.3. The summed E-state index contributed by atoms with van der Waals surface area (Å²) < 4.78 is 27.4. The molecule has 1 aliphatic carbocycles. The second-order valence-corrected chi connectivity index (χ2v) is 13.6. The maximum atomic E-state index is 14.3. The highest BCUT2D eigenvalue weighted by Gasteiger charge is 2.49. The molecule has 0 aromatic heterocycles. The number of carbonyl (C=O) groups is 2. The molecule has 0 radical (unpaired) electrons. The molecule has 1 saturated carbocycles. The van der Waals surface area contributed by atoms with Gasteiger partial charge in [0.2, 0.25) is 10.0 Å². The number of nitrogens with zero attached hydrogens (tertiary/aromatic N) is 2. The molecule has 1 aliphatic heterocycles. The number of nitrogens with one attached hydrogen (secondary N) is 2. The SMILES string of the molecule is CS(=O)(=O)N[C@H]1CCCC[C@@H]1N1C(=O)c2ccccc2[C@@H](C(=O)NOCc2cc(O)cc(N=O)c2)[C@@H]1c1ccc(Cl)cc1Cl. The quantitative estimate of drug-likeness (QED) is 0.203. The van der Waals surface area contributed by atoms with E-state index in [1.165, 1.54) is 24.3 Å². The van der Waals surface area contributed by atoms with Crippen LogP contribution >= 0.6 is 23.2 Å². The van der Waals surface area contributed by atoms with Crippen LogP contribution in [0.4, 0.5) is 5.69 Å². The topological polar surface area (TPSA) is 154 Å². The molecule has 44 heavy (non-hydrogen) atoms. The maximum absolute atomic E-state index is 14.3. The van der Waals surface area contributed by atoms with Gasteiger partial charge in [-0.1, -0.05) is 60.3 Å². The summed E-state index contributed by atoms with van der Waals surface area (Å²) in [4.78, 5) is 46.5. The van der Waals surface area contributed by atoms with Crippen molar-refractivity contribution in [3.63, 3.8) is 0 Å². The summed E-state index contributed by atoms with van der Waals surface area (Å²) in [5.74, 6) is -2.17. The monoisotopic (exact) mass is 660 g/mol.